The molecule has 0 bridgehead atoms. The predicted octanol–water partition coefficient (Wildman–Crippen LogP) is 5.57. The van der Waals surface area contributed by atoms with Crippen LogP contribution in [-0.4, -0.2) is 0 Å². The fourth-order valence-corrected chi connectivity index (χ4v) is 2.26. The van der Waals surface area contributed by atoms with Gasteiger partial charge in [0.15, 0.2) is 0 Å². The van der Waals surface area contributed by atoms with Crippen LogP contribution in [0.3, 0.4) is 0 Å². The lowest BCUT2D eigenvalue weighted by Gasteiger charge is -2.09. The zero-order chi connectivity index (χ0) is 13.8. The quantitative estimate of drug-likeness (QED) is 0.671. The lowest BCUT2D eigenvalue weighted by atomic mass is 9.97. The van der Waals surface area contributed by atoms with Gasteiger partial charge in [-0.05, 0) is 35.1 Å². The topological polar surface area (TPSA) is 0 Å². The van der Waals surface area contributed by atoms with Crippen molar-refractivity contribution in [1.82, 2.24) is 0 Å². The Balaban J connectivity index is 2.31. The van der Waals surface area contributed by atoms with Crippen molar-refractivity contribution in [2.45, 2.75) is 39.5 Å². The number of rotatable bonds is 4. The summed E-state index contributed by atoms with van der Waals surface area (Å²) in [6.45, 7) is 6.32. The van der Waals surface area contributed by atoms with Crippen molar-refractivity contribution in [3.05, 3.63) is 59.4 Å². The van der Waals surface area contributed by atoms with Crippen molar-refractivity contribution in [1.29, 1.82) is 0 Å². The van der Waals surface area contributed by atoms with Crippen LogP contribution >= 0.6 is 0 Å². The molecule has 0 aliphatic carbocycles. The summed E-state index contributed by atoms with van der Waals surface area (Å²) in [5, 5.41) is 0. The van der Waals surface area contributed by atoms with Crippen LogP contribution in [0.1, 0.15) is 44.2 Å². The van der Waals surface area contributed by atoms with Crippen molar-refractivity contribution in [3.8, 4) is 11.1 Å². The van der Waals surface area contributed by atoms with E-state index in [2.05, 4.69) is 32.9 Å². The molecule has 0 unspecified atom stereocenters. The fourth-order valence-electron chi connectivity index (χ4n) is 2.26. The molecule has 0 spiro atoms. The standard InChI is InChI=1S/C18H21F/c1-4-5-14-6-8-15(9-7-14)17-11-10-16(13(2)3)12-18(17)19/h6-13H,4-5H2,1-3H3. The normalized spacial score (nSPS) is 11.0. The third-order valence-electron chi connectivity index (χ3n) is 3.46. The first kappa shape index (κ1) is 13.8. The van der Waals surface area contributed by atoms with Crippen LogP contribution in [0, 0.1) is 5.82 Å². The molecule has 0 radical (unpaired) electrons. The molecule has 2 aromatic carbocycles. The molecule has 2 rings (SSSR count). The zero-order valence-corrected chi connectivity index (χ0v) is 11.9. The molecular weight excluding hydrogens is 235 g/mol. The first-order valence-electron chi connectivity index (χ1n) is 7.00. The minimum atomic E-state index is -0.130. The van der Waals surface area contributed by atoms with Crippen molar-refractivity contribution in [3.63, 3.8) is 0 Å². The van der Waals surface area contributed by atoms with Gasteiger partial charge in [0.2, 0.25) is 0 Å². The van der Waals surface area contributed by atoms with Crippen LogP contribution in [0.4, 0.5) is 4.39 Å². The number of aryl methyl sites for hydroxylation is 1. The van der Waals surface area contributed by atoms with E-state index in [9.17, 15) is 4.39 Å². The second kappa shape index (κ2) is 6.01. The van der Waals surface area contributed by atoms with Crippen LogP contribution in [0.2, 0.25) is 0 Å². The molecule has 1 heteroatoms. The van der Waals surface area contributed by atoms with Crippen LogP contribution in [0.5, 0.6) is 0 Å². The highest BCUT2D eigenvalue weighted by Crippen LogP contribution is 2.26. The Kier molecular flexibility index (Phi) is 4.36. The van der Waals surface area contributed by atoms with Gasteiger partial charge in [0, 0.05) is 5.56 Å². The molecule has 0 N–H and O–H groups in total. The van der Waals surface area contributed by atoms with E-state index in [-0.39, 0.29) is 5.82 Å². The summed E-state index contributed by atoms with van der Waals surface area (Å²) >= 11 is 0. The van der Waals surface area contributed by atoms with Gasteiger partial charge in [0.1, 0.15) is 5.82 Å². The lowest BCUT2D eigenvalue weighted by molar-refractivity contribution is 0.627. The van der Waals surface area contributed by atoms with Crippen molar-refractivity contribution >= 4 is 0 Å². The van der Waals surface area contributed by atoms with Crippen LogP contribution < -0.4 is 0 Å². The zero-order valence-electron chi connectivity index (χ0n) is 11.9. The number of halogens is 1. The summed E-state index contributed by atoms with van der Waals surface area (Å²) in [5.41, 5.74) is 3.99. The molecule has 0 amide bonds. The van der Waals surface area contributed by atoms with Gasteiger partial charge >= 0.3 is 0 Å². The molecular formula is C18H21F. The highest BCUT2D eigenvalue weighted by atomic mass is 19.1. The Labute approximate surface area is 115 Å². The average Bonchev–Trinajstić information content (AvgIpc) is 2.40. The van der Waals surface area contributed by atoms with Gasteiger partial charge in [-0.15, -0.1) is 0 Å². The third-order valence-corrected chi connectivity index (χ3v) is 3.46. The van der Waals surface area contributed by atoms with E-state index in [1.807, 2.05) is 24.3 Å². The smallest absolute Gasteiger partial charge is 0.131 e. The molecule has 100 valence electrons. The molecule has 0 nitrogen and oxygen atoms in total. The maximum absolute atomic E-state index is 14.1. The van der Waals surface area contributed by atoms with E-state index >= 15 is 0 Å². The fraction of sp³-hybridized carbons (Fsp3) is 0.333. The Hall–Kier alpha value is -1.63. The van der Waals surface area contributed by atoms with E-state index in [0.717, 1.165) is 24.0 Å². The van der Waals surface area contributed by atoms with E-state index < -0.39 is 0 Å². The highest BCUT2D eigenvalue weighted by Gasteiger charge is 2.08. The van der Waals surface area contributed by atoms with Crippen molar-refractivity contribution in [2.24, 2.45) is 0 Å². The molecule has 0 saturated heterocycles. The van der Waals surface area contributed by atoms with E-state index in [1.54, 1.807) is 6.07 Å². The SMILES string of the molecule is CCCc1ccc(-c2ccc(C(C)C)cc2F)cc1. The van der Waals surface area contributed by atoms with Gasteiger partial charge in [-0.3, -0.25) is 0 Å². The average molecular weight is 256 g/mol. The van der Waals surface area contributed by atoms with Gasteiger partial charge in [0.25, 0.3) is 0 Å². The Morgan fingerprint density at radius 3 is 2.21 bits per heavy atom. The summed E-state index contributed by atoms with van der Waals surface area (Å²) in [6.07, 6.45) is 2.21. The lowest BCUT2D eigenvalue weighted by Crippen LogP contribution is -1.92. The van der Waals surface area contributed by atoms with Crippen molar-refractivity contribution < 1.29 is 4.39 Å². The minimum Gasteiger partial charge on any atom is -0.206 e. The van der Waals surface area contributed by atoms with Gasteiger partial charge in [-0.1, -0.05) is 63.6 Å². The maximum atomic E-state index is 14.1. The number of benzene rings is 2. The number of hydrogen-bond acceptors (Lipinski definition) is 0. The highest BCUT2D eigenvalue weighted by molar-refractivity contribution is 5.64. The van der Waals surface area contributed by atoms with E-state index in [1.165, 1.54) is 5.56 Å². The summed E-state index contributed by atoms with van der Waals surface area (Å²) in [4.78, 5) is 0. The molecule has 0 fully saturated rings. The largest absolute Gasteiger partial charge is 0.206 e. The third kappa shape index (κ3) is 3.23. The van der Waals surface area contributed by atoms with Crippen LogP contribution in [-0.2, 0) is 6.42 Å². The van der Waals surface area contributed by atoms with E-state index in [4.69, 9.17) is 0 Å². The Morgan fingerprint density at radius 1 is 1.00 bits per heavy atom. The van der Waals surface area contributed by atoms with Gasteiger partial charge < -0.3 is 0 Å². The maximum Gasteiger partial charge on any atom is 0.131 e. The van der Waals surface area contributed by atoms with Gasteiger partial charge in [-0.2, -0.15) is 0 Å². The molecule has 19 heavy (non-hydrogen) atoms. The van der Waals surface area contributed by atoms with Gasteiger partial charge in [0.05, 0.1) is 0 Å². The summed E-state index contributed by atoms with van der Waals surface area (Å²) < 4.78 is 14.1. The molecule has 0 heterocycles. The Morgan fingerprint density at radius 2 is 1.68 bits per heavy atom. The molecule has 2 aromatic rings. The van der Waals surface area contributed by atoms with E-state index in [0.29, 0.717) is 11.5 Å². The second-order valence-corrected chi connectivity index (χ2v) is 5.34. The molecule has 0 aromatic heterocycles. The number of hydrogen-bond donors (Lipinski definition) is 0. The van der Waals surface area contributed by atoms with Crippen molar-refractivity contribution in [2.75, 3.05) is 0 Å². The predicted molar refractivity (Wildman–Crippen MR) is 79.9 cm³/mol. The second-order valence-electron chi connectivity index (χ2n) is 5.34. The Bertz CT molecular complexity index is 538. The van der Waals surface area contributed by atoms with Crippen LogP contribution in [0.15, 0.2) is 42.5 Å². The van der Waals surface area contributed by atoms with Gasteiger partial charge in [-0.25, -0.2) is 4.39 Å². The monoisotopic (exact) mass is 256 g/mol. The molecule has 0 saturated carbocycles. The first-order valence-corrected chi connectivity index (χ1v) is 7.00. The summed E-state index contributed by atoms with van der Waals surface area (Å²) in [5.74, 6) is 0.227. The summed E-state index contributed by atoms with van der Waals surface area (Å²) in [7, 11) is 0. The molecule has 0 aliphatic rings. The molecule has 0 atom stereocenters. The van der Waals surface area contributed by atoms with Crippen LogP contribution in [0.25, 0.3) is 11.1 Å². The minimum absolute atomic E-state index is 0.130. The first-order chi connectivity index (χ1) is 9.11. The summed E-state index contributed by atoms with van der Waals surface area (Å²) in [6, 6.07) is 13.8. The molecule has 0 aliphatic heterocycles.